The van der Waals surface area contributed by atoms with Crippen molar-refractivity contribution in [2.45, 2.75) is 23.7 Å². The third kappa shape index (κ3) is 5.26. The predicted molar refractivity (Wildman–Crippen MR) is 105 cm³/mol. The maximum Gasteiger partial charge on any atom is 0.418 e. The Morgan fingerprint density at radius 1 is 1.14 bits per heavy atom. The van der Waals surface area contributed by atoms with Crippen LogP contribution in [-0.2, 0) is 11.9 Å². The summed E-state index contributed by atoms with van der Waals surface area (Å²) in [6.07, 6.45) is -4.51. The second-order valence-corrected chi connectivity index (χ2v) is 7.90. The standard InChI is InChI=1S/C19H16F3N3OS2/c1-12-23-14(10-27-12)11-28-15-8-6-13(7-9-15)18(26)25-24-17-5-3-2-4-16(17)19(20,21)22/h2-10,24H,11H2,1H3,(H,25,26). The topological polar surface area (TPSA) is 54.0 Å². The van der Waals surface area contributed by atoms with Gasteiger partial charge >= 0.3 is 6.18 Å². The lowest BCUT2D eigenvalue weighted by Gasteiger charge is -2.15. The summed E-state index contributed by atoms with van der Waals surface area (Å²) in [5.41, 5.74) is 4.93. The minimum Gasteiger partial charge on any atom is -0.298 e. The molecular formula is C19H16F3N3OS2. The van der Waals surface area contributed by atoms with Crippen LogP contribution in [0.25, 0.3) is 0 Å². The molecule has 0 atom stereocenters. The number of hydrogen-bond acceptors (Lipinski definition) is 5. The molecule has 1 aromatic heterocycles. The Bertz CT molecular complexity index is 956. The first kappa shape index (κ1) is 20.2. The summed E-state index contributed by atoms with van der Waals surface area (Å²) in [5, 5.41) is 3.02. The highest BCUT2D eigenvalue weighted by Gasteiger charge is 2.33. The van der Waals surface area contributed by atoms with Crippen molar-refractivity contribution in [2.24, 2.45) is 0 Å². The molecule has 0 aliphatic rings. The average Bonchev–Trinajstić information content (AvgIpc) is 3.09. The van der Waals surface area contributed by atoms with Crippen molar-refractivity contribution in [1.29, 1.82) is 0 Å². The summed E-state index contributed by atoms with van der Waals surface area (Å²) in [5.74, 6) is 0.203. The lowest BCUT2D eigenvalue weighted by atomic mass is 10.2. The van der Waals surface area contributed by atoms with Gasteiger partial charge in [0.25, 0.3) is 5.91 Å². The quantitative estimate of drug-likeness (QED) is 0.405. The number of carbonyl (C=O) groups is 1. The highest BCUT2D eigenvalue weighted by molar-refractivity contribution is 7.98. The van der Waals surface area contributed by atoms with Gasteiger partial charge in [0.1, 0.15) is 0 Å². The van der Waals surface area contributed by atoms with Gasteiger partial charge in [0.15, 0.2) is 0 Å². The molecule has 28 heavy (non-hydrogen) atoms. The molecule has 0 radical (unpaired) electrons. The van der Waals surface area contributed by atoms with Crippen LogP contribution in [0.3, 0.4) is 0 Å². The molecule has 2 aromatic carbocycles. The minimum absolute atomic E-state index is 0.214. The number of anilines is 1. The van der Waals surface area contributed by atoms with Crippen LogP contribution in [0.1, 0.15) is 26.6 Å². The molecular weight excluding hydrogens is 407 g/mol. The van der Waals surface area contributed by atoms with Crippen LogP contribution in [0.15, 0.2) is 58.8 Å². The molecule has 0 aliphatic carbocycles. The number of carbonyl (C=O) groups excluding carboxylic acids is 1. The Kier molecular flexibility index (Phi) is 6.25. The molecule has 4 nitrogen and oxygen atoms in total. The number of hydrogen-bond donors (Lipinski definition) is 2. The number of thiazole rings is 1. The van der Waals surface area contributed by atoms with E-state index in [1.165, 1.54) is 18.2 Å². The van der Waals surface area contributed by atoms with Crippen LogP contribution >= 0.6 is 23.1 Å². The van der Waals surface area contributed by atoms with E-state index in [2.05, 4.69) is 15.8 Å². The molecule has 0 bridgehead atoms. The molecule has 3 aromatic rings. The van der Waals surface area contributed by atoms with Gasteiger partial charge in [-0.15, -0.1) is 23.1 Å². The summed E-state index contributed by atoms with van der Waals surface area (Å²) < 4.78 is 38.9. The number of hydrazine groups is 1. The lowest BCUT2D eigenvalue weighted by molar-refractivity contribution is -0.137. The van der Waals surface area contributed by atoms with E-state index < -0.39 is 17.6 Å². The van der Waals surface area contributed by atoms with Gasteiger partial charge in [-0.3, -0.25) is 15.6 Å². The molecule has 0 spiro atoms. The number of benzene rings is 2. The molecule has 0 saturated heterocycles. The Hall–Kier alpha value is -2.52. The second kappa shape index (κ2) is 8.66. The van der Waals surface area contributed by atoms with Gasteiger partial charge in [-0.2, -0.15) is 13.2 Å². The maximum atomic E-state index is 13.0. The minimum atomic E-state index is -4.51. The van der Waals surface area contributed by atoms with Crippen molar-refractivity contribution < 1.29 is 18.0 Å². The maximum absolute atomic E-state index is 13.0. The van der Waals surface area contributed by atoms with E-state index in [1.54, 1.807) is 47.4 Å². The molecule has 0 unspecified atom stereocenters. The molecule has 1 heterocycles. The molecule has 2 N–H and O–H groups in total. The Morgan fingerprint density at radius 2 is 1.86 bits per heavy atom. The van der Waals surface area contributed by atoms with Gasteiger partial charge < -0.3 is 0 Å². The number of rotatable bonds is 6. The zero-order chi connectivity index (χ0) is 20.1. The van der Waals surface area contributed by atoms with Gasteiger partial charge in [0.2, 0.25) is 0 Å². The van der Waals surface area contributed by atoms with Gasteiger partial charge in [0.05, 0.1) is 22.0 Å². The van der Waals surface area contributed by atoms with Crippen molar-refractivity contribution >= 4 is 34.7 Å². The van der Waals surface area contributed by atoms with Gasteiger partial charge in [-0.05, 0) is 43.3 Å². The number of alkyl halides is 3. The van der Waals surface area contributed by atoms with Gasteiger partial charge in [0, 0.05) is 21.6 Å². The third-order valence-corrected chi connectivity index (χ3v) is 5.58. The van der Waals surface area contributed by atoms with Crippen LogP contribution < -0.4 is 10.9 Å². The first-order valence-corrected chi connectivity index (χ1v) is 10.1. The van der Waals surface area contributed by atoms with E-state index in [4.69, 9.17) is 0 Å². The molecule has 1 amide bonds. The second-order valence-electron chi connectivity index (χ2n) is 5.79. The summed E-state index contributed by atoms with van der Waals surface area (Å²) >= 11 is 3.19. The zero-order valence-corrected chi connectivity index (χ0v) is 16.3. The van der Waals surface area contributed by atoms with Crippen molar-refractivity contribution in [3.05, 3.63) is 75.7 Å². The molecule has 0 saturated carbocycles. The highest BCUT2D eigenvalue weighted by Crippen LogP contribution is 2.34. The number of amides is 1. The Labute approximate surface area is 168 Å². The fraction of sp³-hybridized carbons (Fsp3) is 0.158. The molecule has 0 aliphatic heterocycles. The van der Waals surface area contributed by atoms with Crippen molar-refractivity contribution in [1.82, 2.24) is 10.4 Å². The van der Waals surface area contributed by atoms with Crippen LogP contribution in [0.2, 0.25) is 0 Å². The third-order valence-electron chi connectivity index (χ3n) is 3.71. The van der Waals surface area contributed by atoms with E-state index in [9.17, 15) is 18.0 Å². The number of nitrogens with one attached hydrogen (secondary N) is 2. The molecule has 9 heteroatoms. The Balaban J connectivity index is 1.58. The number of halogens is 3. The van der Waals surface area contributed by atoms with Crippen LogP contribution in [0.4, 0.5) is 18.9 Å². The van der Waals surface area contributed by atoms with Crippen LogP contribution in [-0.4, -0.2) is 10.9 Å². The predicted octanol–water partition coefficient (Wildman–Crippen LogP) is 5.52. The largest absolute Gasteiger partial charge is 0.418 e. The highest BCUT2D eigenvalue weighted by atomic mass is 32.2. The van der Waals surface area contributed by atoms with E-state index in [0.29, 0.717) is 5.56 Å². The van der Waals surface area contributed by atoms with E-state index in [1.807, 2.05) is 12.3 Å². The SMILES string of the molecule is Cc1nc(CSc2ccc(C(=O)NNc3ccccc3C(F)(F)F)cc2)cs1. The average molecular weight is 423 g/mol. The number of nitrogens with zero attached hydrogens (tertiary/aromatic N) is 1. The number of thioether (sulfide) groups is 1. The summed E-state index contributed by atoms with van der Waals surface area (Å²) in [7, 11) is 0. The van der Waals surface area contributed by atoms with E-state index in [-0.39, 0.29) is 5.69 Å². The first-order chi connectivity index (χ1) is 13.3. The number of para-hydroxylation sites is 1. The molecule has 0 fully saturated rings. The summed E-state index contributed by atoms with van der Waals surface area (Å²) in [6.45, 7) is 1.95. The smallest absolute Gasteiger partial charge is 0.298 e. The Morgan fingerprint density at radius 3 is 2.50 bits per heavy atom. The fourth-order valence-electron chi connectivity index (χ4n) is 2.37. The fourth-order valence-corrected chi connectivity index (χ4v) is 3.88. The van der Waals surface area contributed by atoms with Crippen molar-refractivity contribution in [2.75, 3.05) is 5.43 Å². The van der Waals surface area contributed by atoms with Crippen LogP contribution in [0.5, 0.6) is 0 Å². The summed E-state index contributed by atoms with van der Waals surface area (Å²) in [4.78, 5) is 17.6. The normalized spacial score (nSPS) is 11.3. The van der Waals surface area contributed by atoms with Crippen molar-refractivity contribution in [3.8, 4) is 0 Å². The van der Waals surface area contributed by atoms with Gasteiger partial charge in [-0.1, -0.05) is 12.1 Å². The lowest BCUT2D eigenvalue weighted by Crippen LogP contribution is -2.30. The monoisotopic (exact) mass is 423 g/mol. The van der Waals surface area contributed by atoms with Crippen molar-refractivity contribution in [3.63, 3.8) is 0 Å². The van der Waals surface area contributed by atoms with E-state index >= 15 is 0 Å². The van der Waals surface area contributed by atoms with Gasteiger partial charge in [-0.25, -0.2) is 4.98 Å². The number of aromatic nitrogens is 1. The van der Waals surface area contributed by atoms with E-state index in [0.717, 1.165) is 27.4 Å². The zero-order valence-electron chi connectivity index (χ0n) is 14.7. The first-order valence-electron chi connectivity index (χ1n) is 8.19. The number of aryl methyl sites for hydroxylation is 1. The molecule has 3 rings (SSSR count). The van der Waals surface area contributed by atoms with Crippen LogP contribution in [0, 0.1) is 6.92 Å². The summed E-state index contributed by atoms with van der Waals surface area (Å²) in [6, 6.07) is 11.8. The molecule has 146 valence electrons.